The topological polar surface area (TPSA) is 80.8 Å². The first-order chi connectivity index (χ1) is 17.7. The Morgan fingerprint density at radius 3 is 1.65 bits per heavy atom. The van der Waals surface area contributed by atoms with Crippen LogP contribution in [-0.4, -0.2) is 41.6 Å². The van der Waals surface area contributed by atoms with E-state index in [2.05, 4.69) is 31.9 Å². The van der Waals surface area contributed by atoms with E-state index in [1.54, 1.807) is 12.1 Å². The largest absolute Gasteiger partial charge is 0.456 e. The van der Waals surface area contributed by atoms with Crippen LogP contribution in [0.5, 0.6) is 0 Å². The van der Waals surface area contributed by atoms with E-state index < -0.39 is 57.2 Å². The summed E-state index contributed by atoms with van der Waals surface area (Å²) in [5.41, 5.74) is 3.97. The van der Waals surface area contributed by atoms with Gasteiger partial charge in [0.15, 0.2) is 12.4 Å². The Balaban J connectivity index is 1.30. The lowest BCUT2D eigenvalue weighted by molar-refractivity contribution is -0.152. The molecule has 0 unspecified atom stereocenters. The van der Waals surface area contributed by atoms with Gasteiger partial charge in [0.1, 0.15) is 6.54 Å². The van der Waals surface area contributed by atoms with E-state index in [1.807, 2.05) is 48.5 Å². The molecule has 2 bridgehead atoms. The van der Waals surface area contributed by atoms with Gasteiger partial charge >= 0.3 is 5.97 Å². The number of nitrogens with zero attached hydrogens (tertiary/aromatic N) is 1. The van der Waals surface area contributed by atoms with Crippen LogP contribution in [0.1, 0.15) is 32.6 Å². The quantitative estimate of drug-likeness (QED) is 0.170. The Morgan fingerprint density at radius 1 is 0.784 bits per heavy atom. The van der Waals surface area contributed by atoms with Crippen molar-refractivity contribution < 1.29 is 23.9 Å². The van der Waals surface area contributed by atoms with Crippen LogP contribution in [-0.2, 0) is 27.8 Å². The number of likely N-dealkylation sites (tertiary alicyclic amines) is 1. The molecular weight excluding hydrogens is 626 g/mol. The molecule has 7 rings (SSSR count). The average molecular weight is 644 g/mol. The second-order valence-electron chi connectivity index (χ2n) is 9.32. The summed E-state index contributed by atoms with van der Waals surface area (Å²) in [7, 11) is 0. The number of alkyl halides is 2. The molecule has 3 aliphatic carbocycles. The van der Waals surface area contributed by atoms with Gasteiger partial charge in [-0.15, -0.1) is 0 Å². The molecule has 37 heavy (non-hydrogen) atoms. The summed E-state index contributed by atoms with van der Waals surface area (Å²) in [5, 5.41) is 0.480. The first-order valence-electron chi connectivity index (χ1n) is 11.6. The van der Waals surface area contributed by atoms with Gasteiger partial charge in [0.2, 0.25) is 11.8 Å². The number of imide groups is 1. The molecule has 2 atom stereocenters. The summed E-state index contributed by atoms with van der Waals surface area (Å²) in [6.45, 7) is -1.08. The van der Waals surface area contributed by atoms with Gasteiger partial charge < -0.3 is 4.74 Å². The van der Waals surface area contributed by atoms with Crippen molar-refractivity contribution in [1.29, 1.82) is 0 Å². The molecule has 0 saturated carbocycles. The maximum Gasteiger partial charge on any atom is 0.326 e. The van der Waals surface area contributed by atoms with Crippen molar-refractivity contribution in [2.45, 2.75) is 8.65 Å². The van der Waals surface area contributed by atoms with Crippen LogP contribution in [0.2, 0.25) is 5.02 Å². The van der Waals surface area contributed by atoms with Gasteiger partial charge in [-0.3, -0.25) is 24.1 Å². The Morgan fingerprint density at radius 2 is 1.22 bits per heavy atom. The lowest BCUT2D eigenvalue weighted by atomic mass is 9.54. The van der Waals surface area contributed by atoms with Crippen LogP contribution in [0.3, 0.4) is 0 Å². The highest BCUT2D eigenvalue weighted by atomic mass is 79.9. The molecule has 1 heterocycles. The predicted octanol–water partition coefficient (Wildman–Crippen LogP) is 4.97. The first-order valence-corrected chi connectivity index (χ1v) is 13.5. The number of rotatable bonds is 5. The number of halogens is 3. The number of Topliss-reactive ketones (excluding diaryl/α,β-unsaturated/α-hetero) is 1. The summed E-state index contributed by atoms with van der Waals surface area (Å²) in [4.78, 5) is 53.6. The maximum atomic E-state index is 13.8. The minimum Gasteiger partial charge on any atom is -0.456 e. The molecule has 0 N–H and O–H groups in total. The third kappa shape index (κ3) is 3.35. The van der Waals surface area contributed by atoms with Crippen LogP contribution >= 0.6 is 43.5 Å². The minimum absolute atomic E-state index is 0.339. The van der Waals surface area contributed by atoms with Crippen molar-refractivity contribution in [3.05, 3.63) is 106 Å². The smallest absolute Gasteiger partial charge is 0.326 e. The zero-order valence-electron chi connectivity index (χ0n) is 19.1. The second-order valence-corrected chi connectivity index (χ2v) is 12.3. The van der Waals surface area contributed by atoms with Crippen LogP contribution in [0, 0.1) is 11.8 Å². The molecule has 186 valence electrons. The second kappa shape index (κ2) is 8.61. The molecule has 3 aromatic carbocycles. The van der Waals surface area contributed by atoms with Gasteiger partial charge in [-0.05, 0) is 46.5 Å². The van der Waals surface area contributed by atoms with E-state index >= 15 is 0 Å². The molecule has 0 radical (unpaired) electrons. The summed E-state index contributed by atoms with van der Waals surface area (Å²) < 4.78 is 3.28. The van der Waals surface area contributed by atoms with Crippen LogP contribution in [0.4, 0.5) is 0 Å². The molecule has 0 spiro atoms. The number of amides is 2. The Kier molecular flexibility index (Phi) is 5.71. The zero-order chi connectivity index (χ0) is 26.1. The fraction of sp³-hybridized carbons (Fsp3) is 0.214. The van der Waals surface area contributed by atoms with Crippen molar-refractivity contribution in [2.24, 2.45) is 11.8 Å². The summed E-state index contributed by atoms with van der Waals surface area (Å²) in [6.07, 6.45) is 0. The predicted molar refractivity (Wildman–Crippen MR) is 143 cm³/mol. The molecule has 1 fully saturated rings. The Labute approximate surface area is 234 Å². The summed E-state index contributed by atoms with van der Waals surface area (Å²) in [5.74, 6) is -3.71. The number of carbonyl (C=O) groups excluding carboxylic acids is 4. The third-order valence-corrected chi connectivity index (χ3v) is 10.4. The number of ketones is 1. The van der Waals surface area contributed by atoms with E-state index in [1.165, 1.54) is 12.1 Å². The molecule has 6 nitrogen and oxygen atoms in total. The molecule has 0 aromatic heterocycles. The maximum absolute atomic E-state index is 13.8. The number of hydrogen-bond donors (Lipinski definition) is 0. The van der Waals surface area contributed by atoms with Crippen LogP contribution in [0.15, 0.2) is 72.8 Å². The van der Waals surface area contributed by atoms with Crippen molar-refractivity contribution in [3.8, 4) is 0 Å². The highest BCUT2D eigenvalue weighted by Crippen LogP contribution is 2.70. The van der Waals surface area contributed by atoms with Gasteiger partial charge in [0.05, 0.1) is 20.5 Å². The van der Waals surface area contributed by atoms with Gasteiger partial charge in [-0.1, -0.05) is 92.0 Å². The van der Waals surface area contributed by atoms with E-state index in [4.69, 9.17) is 16.3 Å². The van der Waals surface area contributed by atoms with E-state index in [0.717, 1.165) is 27.2 Å². The standard InChI is InChI=1S/C28H18Br2ClNO5/c29-27-17-5-1-2-6-18(17)28(30,20-8-4-3-7-19(20)27)24-23(27)25(35)32(26(24)36)13-22(34)37-14-21(33)15-9-11-16(31)12-10-15/h1-12,23-24H,13-14H2/t23-,24-,27?,28?/m1/s1. The zero-order valence-corrected chi connectivity index (χ0v) is 23.0. The van der Waals surface area contributed by atoms with E-state index in [-0.39, 0.29) is 0 Å². The monoisotopic (exact) mass is 641 g/mol. The fourth-order valence-electron chi connectivity index (χ4n) is 5.92. The Hall–Kier alpha value is -2.81. The molecule has 2 amide bonds. The van der Waals surface area contributed by atoms with Crippen LogP contribution < -0.4 is 0 Å². The van der Waals surface area contributed by atoms with Crippen molar-refractivity contribution in [1.82, 2.24) is 4.90 Å². The first kappa shape index (κ1) is 24.5. The molecule has 3 aromatic rings. The third-order valence-electron chi connectivity index (χ3n) is 7.49. The number of esters is 1. The van der Waals surface area contributed by atoms with Crippen LogP contribution in [0.25, 0.3) is 0 Å². The molecule has 1 saturated heterocycles. The van der Waals surface area contributed by atoms with Gasteiger partial charge in [-0.2, -0.15) is 0 Å². The lowest BCUT2D eigenvalue weighted by Crippen LogP contribution is -2.56. The van der Waals surface area contributed by atoms with Gasteiger partial charge in [0.25, 0.3) is 0 Å². The van der Waals surface area contributed by atoms with Gasteiger partial charge in [-0.25, -0.2) is 0 Å². The summed E-state index contributed by atoms with van der Waals surface area (Å²) in [6, 6.07) is 21.7. The summed E-state index contributed by atoms with van der Waals surface area (Å²) >= 11 is 13.7. The van der Waals surface area contributed by atoms with Gasteiger partial charge in [0, 0.05) is 10.6 Å². The number of ether oxygens (including phenoxy) is 1. The highest BCUT2D eigenvalue weighted by molar-refractivity contribution is 9.10. The Bertz CT molecular complexity index is 1380. The lowest BCUT2D eigenvalue weighted by Gasteiger charge is -2.55. The molecule has 1 aliphatic heterocycles. The molecule has 9 heteroatoms. The van der Waals surface area contributed by atoms with E-state index in [0.29, 0.717) is 10.6 Å². The minimum atomic E-state index is -0.934. The van der Waals surface area contributed by atoms with E-state index in [9.17, 15) is 19.2 Å². The molecule has 4 aliphatic rings. The number of hydrogen-bond acceptors (Lipinski definition) is 5. The number of benzene rings is 3. The molecular formula is C28H18Br2ClNO5. The average Bonchev–Trinajstić information content (AvgIpc) is 3.16. The van der Waals surface area contributed by atoms with Crippen molar-refractivity contribution >= 4 is 67.0 Å². The highest BCUT2D eigenvalue weighted by Gasteiger charge is 2.72. The van der Waals surface area contributed by atoms with Crippen molar-refractivity contribution in [3.63, 3.8) is 0 Å². The SMILES string of the molecule is O=C(CN1C(=O)[C@H]2[C@H](C1=O)C1(Br)c3ccccc3C2(Br)c2ccccc21)OCC(=O)c1ccc(Cl)cc1. The fourth-order valence-corrected chi connectivity index (χ4v) is 8.35. The number of carbonyl (C=O) groups is 4. The van der Waals surface area contributed by atoms with Crippen molar-refractivity contribution in [2.75, 3.05) is 13.2 Å². The normalized spacial score (nSPS) is 26.9.